The smallest absolute Gasteiger partial charge is 0.210 e. The quantitative estimate of drug-likeness (QED) is 0.199. The summed E-state index contributed by atoms with van der Waals surface area (Å²) in [5.41, 5.74) is 6.99. The van der Waals surface area contributed by atoms with Crippen molar-refractivity contribution in [2.75, 3.05) is 0 Å². The van der Waals surface area contributed by atoms with Gasteiger partial charge in [-0.25, -0.2) is 4.98 Å². The molecule has 0 saturated carbocycles. The standard InChI is InChI=1S/C20H25B.C10H9BrN2/c1-4-5-6-11-16-21(19-14-9-7-12-17(19)2)20-15-10-8-13-18(20)3;11-9-3-1-8(2-4-9)7-10-12-5-6-13-10/h5-10,12-15H,4,11,16H2,1-3H3;1-6H,7H2,(H,12,13). The van der Waals surface area contributed by atoms with Gasteiger partial charge in [0.1, 0.15) is 5.82 Å². The molecule has 4 heteroatoms. The molecule has 4 aromatic rings. The molecule has 0 unspecified atom stereocenters. The number of H-pyrrole nitrogens is 1. The van der Waals surface area contributed by atoms with Gasteiger partial charge in [0, 0.05) is 23.3 Å². The predicted molar refractivity (Wildman–Crippen MR) is 152 cm³/mol. The van der Waals surface area contributed by atoms with Gasteiger partial charge in [-0.15, -0.1) is 0 Å². The second-order valence-corrected chi connectivity index (χ2v) is 9.48. The van der Waals surface area contributed by atoms with Crippen LogP contribution in [0.2, 0.25) is 6.32 Å². The second kappa shape index (κ2) is 13.8. The molecular formula is C30H34BBrN2. The molecule has 0 atom stereocenters. The van der Waals surface area contributed by atoms with Gasteiger partial charge < -0.3 is 4.98 Å². The number of benzene rings is 3. The number of hydrogen-bond donors (Lipinski definition) is 1. The zero-order valence-corrected chi connectivity index (χ0v) is 22.1. The highest BCUT2D eigenvalue weighted by Gasteiger charge is 2.21. The van der Waals surface area contributed by atoms with Crippen molar-refractivity contribution in [1.29, 1.82) is 0 Å². The fraction of sp³-hybridized carbons (Fsp3) is 0.233. The lowest BCUT2D eigenvalue weighted by atomic mass is 9.37. The van der Waals surface area contributed by atoms with E-state index in [0.29, 0.717) is 6.71 Å². The molecule has 0 aliphatic rings. The predicted octanol–water partition coefficient (Wildman–Crippen LogP) is 7.03. The molecule has 174 valence electrons. The third kappa shape index (κ3) is 7.88. The Morgan fingerprint density at radius 1 is 0.853 bits per heavy atom. The van der Waals surface area contributed by atoms with Crippen LogP contribution in [-0.4, -0.2) is 16.7 Å². The van der Waals surface area contributed by atoms with Crippen LogP contribution < -0.4 is 10.9 Å². The molecule has 0 spiro atoms. The molecule has 0 radical (unpaired) electrons. The van der Waals surface area contributed by atoms with Gasteiger partial charge in [-0.2, -0.15) is 0 Å². The number of aromatic amines is 1. The number of hydrogen-bond acceptors (Lipinski definition) is 1. The Kier molecular flexibility index (Phi) is 10.4. The lowest BCUT2D eigenvalue weighted by Gasteiger charge is -2.18. The number of aromatic nitrogens is 2. The molecule has 0 saturated heterocycles. The average molecular weight is 513 g/mol. The van der Waals surface area contributed by atoms with Gasteiger partial charge >= 0.3 is 0 Å². The molecule has 1 heterocycles. The molecule has 0 amide bonds. The van der Waals surface area contributed by atoms with Gasteiger partial charge in [0.15, 0.2) is 0 Å². The number of allylic oxidation sites excluding steroid dienone is 2. The average Bonchev–Trinajstić information content (AvgIpc) is 3.36. The summed E-state index contributed by atoms with van der Waals surface area (Å²) in [7, 11) is 0. The van der Waals surface area contributed by atoms with E-state index in [1.807, 2.05) is 18.3 Å². The number of imidazole rings is 1. The van der Waals surface area contributed by atoms with Crippen LogP contribution in [0.25, 0.3) is 0 Å². The lowest BCUT2D eigenvalue weighted by Crippen LogP contribution is -2.44. The van der Waals surface area contributed by atoms with Gasteiger partial charge in [-0.05, 0) is 44.4 Å². The first-order valence-corrected chi connectivity index (χ1v) is 12.9. The first-order chi connectivity index (χ1) is 16.6. The van der Waals surface area contributed by atoms with Crippen LogP contribution in [0, 0.1) is 13.8 Å². The number of halogens is 1. The highest BCUT2D eigenvalue weighted by molar-refractivity contribution is 9.10. The lowest BCUT2D eigenvalue weighted by molar-refractivity contribution is 1.03. The van der Waals surface area contributed by atoms with Crippen LogP contribution in [-0.2, 0) is 6.42 Å². The van der Waals surface area contributed by atoms with Crippen molar-refractivity contribution < 1.29 is 0 Å². The van der Waals surface area contributed by atoms with Gasteiger partial charge in [0.25, 0.3) is 0 Å². The molecular weight excluding hydrogens is 479 g/mol. The summed E-state index contributed by atoms with van der Waals surface area (Å²) < 4.78 is 1.11. The van der Waals surface area contributed by atoms with Gasteiger partial charge in [0.2, 0.25) is 6.71 Å². The minimum atomic E-state index is 0.494. The molecule has 4 rings (SSSR count). The van der Waals surface area contributed by atoms with E-state index < -0.39 is 0 Å². The Hall–Kier alpha value is -2.85. The van der Waals surface area contributed by atoms with Crippen molar-refractivity contribution in [3.8, 4) is 0 Å². The fourth-order valence-corrected chi connectivity index (χ4v) is 4.44. The third-order valence-electron chi connectivity index (χ3n) is 5.99. The number of rotatable bonds is 8. The van der Waals surface area contributed by atoms with E-state index in [2.05, 4.69) is 119 Å². The van der Waals surface area contributed by atoms with Crippen molar-refractivity contribution in [2.24, 2.45) is 0 Å². The highest BCUT2D eigenvalue weighted by Crippen LogP contribution is 2.12. The maximum Gasteiger partial charge on any atom is 0.210 e. The summed E-state index contributed by atoms with van der Waals surface area (Å²) in [5.74, 6) is 1.00. The van der Waals surface area contributed by atoms with E-state index in [-0.39, 0.29) is 0 Å². The first-order valence-electron chi connectivity index (χ1n) is 12.1. The van der Waals surface area contributed by atoms with Crippen molar-refractivity contribution in [3.05, 3.63) is 124 Å². The Labute approximate surface area is 213 Å². The van der Waals surface area contributed by atoms with Crippen molar-refractivity contribution in [1.82, 2.24) is 9.97 Å². The second-order valence-electron chi connectivity index (χ2n) is 8.56. The van der Waals surface area contributed by atoms with E-state index >= 15 is 0 Å². The van der Waals surface area contributed by atoms with Crippen LogP contribution in [0.1, 0.15) is 42.3 Å². The monoisotopic (exact) mass is 512 g/mol. The SMILES string of the molecule is Brc1ccc(Cc2ncc[nH]2)cc1.CCC=CCCB(c1ccccc1C)c1ccccc1C. The van der Waals surface area contributed by atoms with Crippen molar-refractivity contribution in [3.63, 3.8) is 0 Å². The zero-order valence-electron chi connectivity index (χ0n) is 20.5. The van der Waals surface area contributed by atoms with E-state index in [4.69, 9.17) is 0 Å². The molecule has 0 bridgehead atoms. The third-order valence-corrected chi connectivity index (χ3v) is 6.52. The summed E-state index contributed by atoms with van der Waals surface area (Å²) in [6.45, 7) is 7.13. The molecule has 0 aliphatic carbocycles. The Balaban J connectivity index is 0.000000212. The molecule has 34 heavy (non-hydrogen) atoms. The topological polar surface area (TPSA) is 28.7 Å². The minimum Gasteiger partial charge on any atom is -0.348 e. The Bertz CT molecular complexity index is 1110. The first kappa shape index (κ1) is 25.8. The zero-order chi connectivity index (χ0) is 24.2. The van der Waals surface area contributed by atoms with Crippen molar-refractivity contribution in [2.45, 2.75) is 46.4 Å². The van der Waals surface area contributed by atoms with E-state index in [0.717, 1.165) is 29.6 Å². The molecule has 0 fully saturated rings. The summed E-state index contributed by atoms with van der Waals surface area (Å²) in [4.78, 5) is 7.24. The summed E-state index contributed by atoms with van der Waals surface area (Å²) in [6, 6.07) is 25.9. The largest absolute Gasteiger partial charge is 0.348 e. The summed E-state index contributed by atoms with van der Waals surface area (Å²) in [5, 5.41) is 0. The van der Waals surface area contributed by atoms with Crippen LogP contribution in [0.5, 0.6) is 0 Å². The fourth-order valence-electron chi connectivity index (χ4n) is 4.17. The normalized spacial score (nSPS) is 10.7. The molecule has 1 N–H and O–H groups in total. The molecule has 1 aromatic heterocycles. The number of nitrogens with one attached hydrogen (secondary N) is 1. The van der Waals surface area contributed by atoms with Crippen LogP contribution >= 0.6 is 15.9 Å². The number of nitrogens with zero attached hydrogens (tertiary/aromatic N) is 1. The van der Waals surface area contributed by atoms with Gasteiger partial charge in [-0.1, -0.05) is 124 Å². The molecule has 2 nitrogen and oxygen atoms in total. The summed E-state index contributed by atoms with van der Waals surface area (Å²) >= 11 is 3.40. The maximum atomic E-state index is 4.17. The molecule has 3 aromatic carbocycles. The maximum absolute atomic E-state index is 4.17. The van der Waals surface area contributed by atoms with Crippen LogP contribution in [0.4, 0.5) is 0 Å². The van der Waals surface area contributed by atoms with E-state index in [1.165, 1.54) is 33.9 Å². The summed E-state index contributed by atoms with van der Waals surface area (Å²) in [6.07, 6.45) is 12.5. The van der Waals surface area contributed by atoms with Crippen molar-refractivity contribution >= 4 is 33.6 Å². The van der Waals surface area contributed by atoms with Crippen LogP contribution in [0.3, 0.4) is 0 Å². The van der Waals surface area contributed by atoms with E-state index in [9.17, 15) is 0 Å². The van der Waals surface area contributed by atoms with Crippen LogP contribution in [0.15, 0.2) is 102 Å². The number of aryl methyl sites for hydroxylation is 2. The molecule has 0 aliphatic heterocycles. The van der Waals surface area contributed by atoms with Gasteiger partial charge in [0.05, 0.1) is 0 Å². The Morgan fingerprint density at radius 2 is 1.47 bits per heavy atom. The Morgan fingerprint density at radius 3 is 2.00 bits per heavy atom. The highest BCUT2D eigenvalue weighted by atomic mass is 79.9. The van der Waals surface area contributed by atoms with Gasteiger partial charge in [-0.3, -0.25) is 0 Å². The minimum absolute atomic E-state index is 0.494. The van der Waals surface area contributed by atoms with E-state index in [1.54, 1.807) is 6.20 Å².